The molecule has 0 aliphatic rings. The van der Waals surface area contributed by atoms with Crippen molar-refractivity contribution in [2.24, 2.45) is 12.8 Å². The molecule has 0 spiro atoms. The van der Waals surface area contributed by atoms with Crippen molar-refractivity contribution < 1.29 is 9.59 Å². The van der Waals surface area contributed by atoms with Crippen LogP contribution in [0.15, 0.2) is 53.5 Å². The van der Waals surface area contributed by atoms with Crippen LogP contribution in [0.4, 0.5) is 0 Å². The number of fused-ring (bicyclic) bond motifs is 1. The van der Waals surface area contributed by atoms with Crippen molar-refractivity contribution >= 4 is 22.6 Å². The van der Waals surface area contributed by atoms with Crippen LogP contribution in [-0.4, -0.2) is 20.8 Å². The molecule has 6 nitrogen and oxygen atoms in total. The fourth-order valence-electron chi connectivity index (χ4n) is 2.60. The van der Waals surface area contributed by atoms with E-state index in [1.54, 1.807) is 48.1 Å². The van der Waals surface area contributed by atoms with Crippen molar-refractivity contribution in [1.82, 2.24) is 9.13 Å². The minimum atomic E-state index is -0.602. The Labute approximate surface area is 131 Å². The van der Waals surface area contributed by atoms with Crippen molar-refractivity contribution in [3.05, 3.63) is 70.3 Å². The van der Waals surface area contributed by atoms with Gasteiger partial charge < -0.3 is 14.9 Å². The molecule has 1 aromatic carbocycles. The lowest BCUT2D eigenvalue weighted by molar-refractivity contribution is 0.0968. The Morgan fingerprint density at radius 2 is 1.83 bits per heavy atom. The zero-order valence-electron chi connectivity index (χ0n) is 12.5. The van der Waals surface area contributed by atoms with Crippen LogP contribution in [0, 0.1) is 0 Å². The maximum absolute atomic E-state index is 12.5. The summed E-state index contributed by atoms with van der Waals surface area (Å²) < 4.78 is 2.91. The van der Waals surface area contributed by atoms with Crippen LogP contribution in [0.1, 0.15) is 20.8 Å². The molecule has 0 aliphatic carbocycles. The SMILES string of the molecule is Cn1c(C(N)=O)cc2c(=O)n(CC(=O)c3ccccc3)ccc21. The van der Waals surface area contributed by atoms with E-state index in [2.05, 4.69) is 0 Å². The fraction of sp³-hybridized carbons (Fsp3) is 0.118. The number of hydrogen-bond donors (Lipinski definition) is 1. The summed E-state index contributed by atoms with van der Waals surface area (Å²) in [6.45, 7) is -0.0560. The Morgan fingerprint density at radius 1 is 1.13 bits per heavy atom. The number of Topliss-reactive ketones (excluding diaryl/α,β-unsaturated/α-hetero) is 1. The van der Waals surface area contributed by atoms with Gasteiger partial charge in [0.1, 0.15) is 5.69 Å². The second-order valence-corrected chi connectivity index (χ2v) is 5.29. The van der Waals surface area contributed by atoms with Gasteiger partial charge in [0.25, 0.3) is 11.5 Å². The van der Waals surface area contributed by atoms with Crippen molar-refractivity contribution in [2.75, 3.05) is 0 Å². The number of carbonyl (C=O) groups is 2. The highest BCUT2D eigenvalue weighted by Crippen LogP contribution is 2.15. The van der Waals surface area contributed by atoms with Gasteiger partial charge in [0.2, 0.25) is 0 Å². The standard InChI is InChI=1S/C17H15N3O3/c1-19-13-7-8-20(10-15(21)11-5-3-2-4-6-11)17(23)12(13)9-14(19)16(18)22/h2-9H,10H2,1H3,(H2,18,22). The molecule has 0 atom stereocenters. The van der Waals surface area contributed by atoms with Crippen molar-refractivity contribution in [3.8, 4) is 0 Å². The summed E-state index contributed by atoms with van der Waals surface area (Å²) in [5, 5.41) is 0.365. The molecule has 6 heteroatoms. The van der Waals surface area contributed by atoms with E-state index in [4.69, 9.17) is 5.73 Å². The quantitative estimate of drug-likeness (QED) is 0.737. The molecule has 1 amide bonds. The summed E-state index contributed by atoms with van der Waals surface area (Å²) >= 11 is 0. The van der Waals surface area contributed by atoms with Crippen molar-refractivity contribution in [2.45, 2.75) is 6.54 Å². The number of nitrogens with zero attached hydrogens (tertiary/aromatic N) is 2. The largest absolute Gasteiger partial charge is 0.364 e. The average molecular weight is 309 g/mol. The van der Waals surface area contributed by atoms with Gasteiger partial charge in [-0.25, -0.2) is 0 Å². The Hall–Kier alpha value is -3.15. The topological polar surface area (TPSA) is 87.1 Å². The molecule has 0 saturated carbocycles. The molecule has 3 aromatic rings. The van der Waals surface area contributed by atoms with Gasteiger partial charge in [-0.2, -0.15) is 0 Å². The Balaban J connectivity index is 2.03. The molecule has 2 N–H and O–H groups in total. The molecule has 0 radical (unpaired) electrons. The fourth-order valence-corrected chi connectivity index (χ4v) is 2.60. The van der Waals surface area contributed by atoms with Crippen LogP contribution in [0.3, 0.4) is 0 Å². The molecule has 0 bridgehead atoms. The van der Waals surface area contributed by atoms with E-state index < -0.39 is 5.91 Å². The number of hydrogen-bond acceptors (Lipinski definition) is 3. The van der Waals surface area contributed by atoms with E-state index in [0.29, 0.717) is 16.5 Å². The van der Waals surface area contributed by atoms with Gasteiger partial charge in [-0.05, 0) is 12.1 Å². The number of benzene rings is 1. The minimum Gasteiger partial charge on any atom is -0.364 e. The van der Waals surface area contributed by atoms with Crippen molar-refractivity contribution in [3.63, 3.8) is 0 Å². The zero-order valence-corrected chi connectivity index (χ0v) is 12.5. The first kappa shape index (κ1) is 14.8. The van der Waals surface area contributed by atoms with Gasteiger partial charge >= 0.3 is 0 Å². The van der Waals surface area contributed by atoms with Gasteiger partial charge in [0.15, 0.2) is 5.78 Å². The number of aryl methyl sites for hydroxylation is 1. The van der Waals surface area contributed by atoms with Gasteiger partial charge in [0.05, 0.1) is 17.4 Å². The highest BCUT2D eigenvalue weighted by atomic mass is 16.1. The maximum atomic E-state index is 12.5. The third kappa shape index (κ3) is 2.55. The monoisotopic (exact) mass is 309 g/mol. The van der Waals surface area contributed by atoms with E-state index >= 15 is 0 Å². The first-order chi connectivity index (χ1) is 11.0. The van der Waals surface area contributed by atoms with Gasteiger partial charge in [-0.3, -0.25) is 14.4 Å². The molecule has 2 heterocycles. The van der Waals surface area contributed by atoms with E-state index in [0.717, 1.165) is 0 Å². The van der Waals surface area contributed by atoms with Crippen LogP contribution in [0.2, 0.25) is 0 Å². The number of primary amides is 1. The lowest BCUT2D eigenvalue weighted by Gasteiger charge is -2.06. The summed E-state index contributed by atoms with van der Waals surface area (Å²) in [6.07, 6.45) is 1.55. The number of pyridine rings is 1. The predicted octanol–water partition coefficient (Wildman–Crippen LogP) is 1.32. The second-order valence-electron chi connectivity index (χ2n) is 5.29. The number of amides is 1. The molecular weight excluding hydrogens is 294 g/mol. The van der Waals surface area contributed by atoms with E-state index in [1.807, 2.05) is 6.07 Å². The number of rotatable bonds is 4. The summed E-state index contributed by atoms with van der Waals surface area (Å²) in [5.74, 6) is -0.756. The number of carbonyl (C=O) groups excluding carboxylic acids is 2. The van der Waals surface area contributed by atoms with Crippen LogP contribution in [0.25, 0.3) is 10.9 Å². The van der Waals surface area contributed by atoms with Gasteiger partial charge in [-0.15, -0.1) is 0 Å². The predicted molar refractivity (Wildman–Crippen MR) is 86.5 cm³/mol. The lowest BCUT2D eigenvalue weighted by atomic mass is 10.1. The molecular formula is C17H15N3O3. The lowest BCUT2D eigenvalue weighted by Crippen LogP contribution is -2.23. The summed E-state index contributed by atoms with van der Waals surface area (Å²) in [7, 11) is 1.67. The van der Waals surface area contributed by atoms with Crippen LogP contribution in [-0.2, 0) is 13.6 Å². The Kier molecular flexibility index (Phi) is 3.57. The molecule has 0 aliphatic heterocycles. The van der Waals surface area contributed by atoms with Gasteiger partial charge in [-0.1, -0.05) is 30.3 Å². The second kappa shape index (κ2) is 5.57. The normalized spacial score (nSPS) is 10.8. The summed E-state index contributed by atoms with van der Waals surface area (Å²) in [6, 6.07) is 11.9. The summed E-state index contributed by atoms with van der Waals surface area (Å²) in [4.78, 5) is 36.2. The number of aromatic nitrogens is 2. The smallest absolute Gasteiger partial charge is 0.265 e. The molecule has 116 valence electrons. The highest BCUT2D eigenvalue weighted by Gasteiger charge is 2.15. The first-order valence-corrected chi connectivity index (χ1v) is 7.06. The van der Waals surface area contributed by atoms with E-state index in [1.165, 1.54) is 10.6 Å². The van der Waals surface area contributed by atoms with Crippen LogP contribution >= 0.6 is 0 Å². The molecule has 0 saturated heterocycles. The minimum absolute atomic E-state index is 0.0560. The summed E-state index contributed by atoms with van der Waals surface area (Å²) in [5.41, 5.74) is 6.38. The molecule has 23 heavy (non-hydrogen) atoms. The van der Waals surface area contributed by atoms with Crippen LogP contribution < -0.4 is 11.3 Å². The molecule has 0 unspecified atom stereocenters. The van der Waals surface area contributed by atoms with Gasteiger partial charge in [0, 0.05) is 18.8 Å². The highest BCUT2D eigenvalue weighted by molar-refractivity contribution is 5.98. The first-order valence-electron chi connectivity index (χ1n) is 7.06. The van der Waals surface area contributed by atoms with E-state index in [-0.39, 0.29) is 23.6 Å². The van der Waals surface area contributed by atoms with E-state index in [9.17, 15) is 14.4 Å². The maximum Gasteiger partial charge on any atom is 0.265 e. The third-order valence-corrected chi connectivity index (χ3v) is 3.85. The Morgan fingerprint density at radius 3 is 2.48 bits per heavy atom. The van der Waals surface area contributed by atoms with Crippen LogP contribution in [0.5, 0.6) is 0 Å². The Bertz CT molecular complexity index is 968. The number of ketones is 1. The molecule has 0 fully saturated rings. The molecule has 3 rings (SSSR count). The zero-order chi connectivity index (χ0) is 16.6. The van der Waals surface area contributed by atoms with Crippen molar-refractivity contribution in [1.29, 1.82) is 0 Å². The third-order valence-electron chi connectivity index (χ3n) is 3.85. The number of nitrogens with two attached hydrogens (primary N) is 1. The average Bonchev–Trinajstić information content (AvgIpc) is 2.89. The molecule has 2 aromatic heterocycles.